The fraction of sp³-hybridized carbons (Fsp3) is 0.267. The highest BCUT2D eigenvalue weighted by Crippen LogP contribution is 2.19. The third-order valence-corrected chi connectivity index (χ3v) is 2.80. The van der Waals surface area contributed by atoms with Gasteiger partial charge >= 0.3 is 5.97 Å². The first-order valence-electron chi connectivity index (χ1n) is 6.08. The van der Waals surface area contributed by atoms with Crippen LogP contribution in [0.4, 0.5) is 0 Å². The number of benzene rings is 1. The van der Waals surface area contributed by atoms with Gasteiger partial charge in [0.15, 0.2) is 0 Å². The predicted molar refractivity (Wildman–Crippen MR) is 70.5 cm³/mol. The lowest BCUT2D eigenvalue weighted by atomic mass is 10.1. The highest BCUT2D eigenvalue weighted by molar-refractivity contribution is 5.85. The van der Waals surface area contributed by atoms with E-state index < -0.39 is 5.97 Å². The maximum Gasteiger partial charge on any atom is 0.328 e. The van der Waals surface area contributed by atoms with Gasteiger partial charge in [0.2, 0.25) is 0 Å². The monoisotopic (exact) mass is 244 g/mol. The molecule has 18 heavy (non-hydrogen) atoms. The van der Waals surface area contributed by atoms with Crippen LogP contribution >= 0.6 is 0 Å². The number of carboxylic acid groups (broad SMARTS) is 1. The fourth-order valence-corrected chi connectivity index (χ4v) is 1.88. The summed E-state index contributed by atoms with van der Waals surface area (Å²) in [6.07, 6.45) is 10.5. The van der Waals surface area contributed by atoms with E-state index in [0.29, 0.717) is 0 Å². The maximum atomic E-state index is 10.4. The second kappa shape index (κ2) is 6.05. The van der Waals surface area contributed by atoms with E-state index in [1.165, 1.54) is 6.42 Å². The molecule has 1 aliphatic carbocycles. The van der Waals surface area contributed by atoms with E-state index in [1.807, 2.05) is 24.3 Å². The normalized spacial score (nSPS) is 19.0. The number of hydrogen-bond acceptors (Lipinski definition) is 2. The standard InChI is InChI=1S/C15H16O3/c16-15(17)11-8-12-6-9-14(10-7-12)18-13-4-2-1-3-5-13/h2,4,6-11,13H,1,3,5H2,(H,16,17)/b11-8+. The molecule has 1 aromatic rings. The summed E-state index contributed by atoms with van der Waals surface area (Å²) in [4.78, 5) is 10.4. The summed E-state index contributed by atoms with van der Waals surface area (Å²) in [7, 11) is 0. The Morgan fingerprint density at radius 2 is 2.11 bits per heavy atom. The van der Waals surface area contributed by atoms with Gasteiger partial charge in [0.05, 0.1) is 0 Å². The molecule has 2 rings (SSSR count). The Morgan fingerprint density at radius 3 is 2.72 bits per heavy atom. The molecule has 94 valence electrons. The van der Waals surface area contributed by atoms with Gasteiger partial charge in [-0.15, -0.1) is 0 Å². The molecule has 0 bridgehead atoms. The van der Waals surface area contributed by atoms with Gasteiger partial charge in [0, 0.05) is 6.08 Å². The largest absolute Gasteiger partial charge is 0.486 e. The van der Waals surface area contributed by atoms with Crippen LogP contribution in [0.3, 0.4) is 0 Å². The van der Waals surface area contributed by atoms with Crippen molar-refractivity contribution in [2.45, 2.75) is 25.4 Å². The molecular formula is C15H16O3. The summed E-state index contributed by atoms with van der Waals surface area (Å²) in [6, 6.07) is 7.43. The Kier molecular flexibility index (Phi) is 4.18. The van der Waals surface area contributed by atoms with Crippen LogP contribution in [0.5, 0.6) is 5.75 Å². The first-order chi connectivity index (χ1) is 8.74. The number of ether oxygens (including phenoxy) is 1. The second-order valence-corrected chi connectivity index (χ2v) is 4.26. The van der Waals surface area contributed by atoms with E-state index in [-0.39, 0.29) is 6.10 Å². The third kappa shape index (κ3) is 3.77. The molecule has 0 saturated heterocycles. The van der Waals surface area contributed by atoms with E-state index in [0.717, 1.165) is 30.2 Å². The van der Waals surface area contributed by atoms with Gasteiger partial charge < -0.3 is 9.84 Å². The number of rotatable bonds is 4. The van der Waals surface area contributed by atoms with E-state index in [4.69, 9.17) is 9.84 Å². The molecule has 0 aliphatic heterocycles. The van der Waals surface area contributed by atoms with Crippen LogP contribution in [-0.4, -0.2) is 17.2 Å². The maximum absolute atomic E-state index is 10.4. The summed E-state index contributed by atoms with van der Waals surface area (Å²) >= 11 is 0. The zero-order valence-corrected chi connectivity index (χ0v) is 10.1. The van der Waals surface area contributed by atoms with E-state index >= 15 is 0 Å². The Labute approximate surface area is 106 Å². The van der Waals surface area contributed by atoms with Crippen LogP contribution in [0, 0.1) is 0 Å². The van der Waals surface area contributed by atoms with Crippen molar-refractivity contribution in [2.24, 2.45) is 0 Å². The minimum Gasteiger partial charge on any atom is -0.486 e. The molecule has 0 spiro atoms. The van der Waals surface area contributed by atoms with Crippen LogP contribution < -0.4 is 4.74 Å². The molecule has 0 saturated carbocycles. The Morgan fingerprint density at radius 1 is 1.33 bits per heavy atom. The Balaban J connectivity index is 1.96. The van der Waals surface area contributed by atoms with Crippen LogP contribution in [0.2, 0.25) is 0 Å². The first-order valence-corrected chi connectivity index (χ1v) is 6.08. The molecule has 1 aliphatic rings. The van der Waals surface area contributed by atoms with Crippen molar-refractivity contribution in [2.75, 3.05) is 0 Å². The molecule has 0 heterocycles. The topological polar surface area (TPSA) is 46.5 Å². The van der Waals surface area contributed by atoms with Gasteiger partial charge in [0.25, 0.3) is 0 Å². The fourth-order valence-electron chi connectivity index (χ4n) is 1.88. The van der Waals surface area contributed by atoms with Crippen molar-refractivity contribution in [3.63, 3.8) is 0 Å². The Bertz CT molecular complexity index is 457. The zero-order valence-electron chi connectivity index (χ0n) is 10.1. The van der Waals surface area contributed by atoms with Gasteiger partial charge in [-0.25, -0.2) is 4.79 Å². The lowest BCUT2D eigenvalue weighted by Crippen LogP contribution is -2.15. The van der Waals surface area contributed by atoms with Gasteiger partial charge in [0.1, 0.15) is 11.9 Å². The molecule has 3 nitrogen and oxygen atoms in total. The number of aliphatic carboxylic acids is 1. The molecule has 1 unspecified atom stereocenters. The van der Waals surface area contributed by atoms with E-state index in [9.17, 15) is 4.79 Å². The number of carboxylic acids is 1. The molecule has 0 radical (unpaired) electrons. The van der Waals surface area contributed by atoms with Gasteiger partial charge in [-0.05, 0) is 49.1 Å². The zero-order chi connectivity index (χ0) is 12.8. The minimum absolute atomic E-state index is 0.166. The highest BCUT2D eigenvalue weighted by Gasteiger charge is 2.09. The van der Waals surface area contributed by atoms with Gasteiger partial charge in [-0.1, -0.05) is 18.2 Å². The summed E-state index contributed by atoms with van der Waals surface area (Å²) < 4.78 is 5.81. The molecule has 1 N–H and O–H groups in total. The summed E-state index contributed by atoms with van der Waals surface area (Å²) in [5.74, 6) is -0.123. The minimum atomic E-state index is -0.942. The smallest absolute Gasteiger partial charge is 0.328 e. The van der Waals surface area contributed by atoms with Crippen LogP contribution in [0.1, 0.15) is 24.8 Å². The van der Waals surface area contributed by atoms with Crippen LogP contribution in [0.15, 0.2) is 42.5 Å². The lowest BCUT2D eigenvalue weighted by molar-refractivity contribution is -0.131. The van der Waals surface area contributed by atoms with Crippen molar-refractivity contribution in [1.29, 1.82) is 0 Å². The molecule has 3 heteroatoms. The lowest BCUT2D eigenvalue weighted by Gasteiger charge is -2.18. The highest BCUT2D eigenvalue weighted by atomic mass is 16.5. The molecule has 1 atom stereocenters. The van der Waals surface area contributed by atoms with Gasteiger partial charge in [-0.2, -0.15) is 0 Å². The molecule has 0 aromatic heterocycles. The molecular weight excluding hydrogens is 228 g/mol. The van der Waals surface area contributed by atoms with Crippen LogP contribution in [-0.2, 0) is 4.79 Å². The SMILES string of the molecule is O=C(O)/C=C/c1ccc(OC2C=CCCC2)cc1. The quantitative estimate of drug-likeness (QED) is 0.653. The van der Waals surface area contributed by atoms with Crippen molar-refractivity contribution in [1.82, 2.24) is 0 Å². The molecule has 0 amide bonds. The Hall–Kier alpha value is -2.03. The summed E-state index contributed by atoms with van der Waals surface area (Å²) in [5.41, 5.74) is 0.851. The van der Waals surface area contributed by atoms with Crippen molar-refractivity contribution >= 4 is 12.0 Å². The van der Waals surface area contributed by atoms with Crippen molar-refractivity contribution in [3.8, 4) is 5.75 Å². The molecule has 1 aromatic carbocycles. The summed E-state index contributed by atoms with van der Waals surface area (Å²) in [5, 5.41) is 8.53. The first kappa shape index (κ1) is 12.4. The predicted octanol–water partition coefficient (Wildman–Crippen LogP) is 3.27. The number of allylic oxidation sites excluding steroid dienone is 1. The average molecular weight is 244 g/mol. The van der Waals surface area contributed by atoms with E-state index in [2.05, 4.69) is 12.2 Å². The number of hydrogen-bond donors (Lipinski definition) is 1. The van der Waals surface area contributed by atoms with Crippen LogP contribution in [0.25, 0.3) is 6.08 Å². The average Bonchev–Trinajstić information content (AvgIpc) is 2.39. The molecule has 0 fully saturated rings. The van der Waals surface area contributed by atoms with Gasteiger partial charge in [-0.3, -0.25) is 0 Å². The van der Waals surface area contributed by atoms with Crippen molar-refractivity contribution in [3.05, 3.63) is 48.1 Å². The summed E-state index contributed by atoms with van der Waals surface area (Å²) in [6.45, 7) is 0. The van der Waals surface area contributed by atoms with E-state index in [1.54, 1.807) is 6.08 Å². The number of carbonyl (C=O) groups is 1. The van der Waals surface area contributed by atoms with Crippen molar-refractivity contribution < 1.29 is 14.6 Å². The second-order valence-electron chi connectivity index (χ2n) is 4.26. The third-order valence-electron chi connectivity index (χ3n) is 2.80.